The van der Waals surface area contributed by atoms with Gasteiger partial charge in [-0.2, -0.15) is 0 Å². The molecule has 0 aromatic heterocycles. The molecular weight excluding hydrogens is 210 g/mol. The number of carbonyl (C=O) groups is 1. The van der Waals surface area contributed by atoms with E-state index in [1.165, 1.54) is 0 Å². The molecule has 2 rings (SSSR count). The van der Waals surface area contributed by atoms with E-state index < -0.39 is 5.54 Å². The lowest BCUT2D eigenvalue weighted by molar-refractivity contribution is -0.152. The van der Waals surface area contributed by atoms with Crippen LogP contribution >= 0.6 is 0 Å². The van der Waals surface area contributed by atoms with Gasteiger partial charge < -0.3 is 19.9 Å². The molecule has 0 aromatic rings. The number of carbonyl (C=O) groups excluding carboxylic acids is 1. The number of esters is 1. The fraction of sp³-hybridized carbons (Fsp3) is 0.909. The fourth-order valence-electron chi connectivity index (χ4n) is 1.99. The highest BCUT2D eigenvalue weighted by Crippen LogP contribution is 2.19. The third-order valence-corrected chi connectivity index (χ3v) is 3.25. The largest absolute Gasteiger partial charge is 0.464 e. The Kier molecular flexibility index (Phi) is 3.78. The molecule has 2 N–H and O–H groups in total. The topological polar surface area (TPSA) is 70.8 Å². The predicted molar refractivity (Wildman–Crippen MR) is 56.9 cm³/mol. The van der Waals surface area contributed by atoms with Gasteiger partial charge in [0.25, 0.3) is 0 Å². The van der Waals surface area contributed by atoms with E-state index in [2.05, 4.69) is 0 Å². The van der Waals surface area contributed by atoms with Crippen LogP contribution in [0, 0.1) is 5.92 Å². The van der Waals surface area contributed by atoms with Gasteiger partial charge in [0.15, 0.2) is 0 Å². The Balaban J connectivity index is 1.74. The van der Waals surface area contributed by atoms with E-state index in [4.69, 9.17) is 19.9 Å². The summed E-state index contributed by atoms with van der Waals surface area (Å²) in [5.74, 6) is 0.0973. The van der Waals surface area contributed by atoms with Crippen LogP contribution < -0.4 is 5.73 Å². The van der Waals surface area contributed by atoms with Crippen molar-refractivity contribution in [2.75, 3.05) is 33.0 Å². The third kappa shape index (κ3) is 2.72. The van der Waals surface area contributed by atoms with Crippen molar-refractivity contribution in [3.05, 3.63) is 0 Å². The number of rotatable bonds is 3. The van der Waals surface area contributed by atoms with E-state index >= 15 is 0 Å². The van der Waals surface area contributed by atoms with Crippen molar-refractivity contribution >= 4 is 5.97 Å². The molecule has 1 atom stereocenters. The zero-order valence-corrected chi connectivity index (χ0v) is 9.44. The van der Waals surface area contributed by atoms with Gasteiger partial charge >= 0.3 is 5.97 Å². The Morgan fingerprint density at radius 3 is 2.69 bits per heavy atom. The Bertz CT molecular complexity index is 244. The molecule has 0 amide bonds. The molecule has 0 spiro atoms. The molecule has 2 aliphatic heterocycles. The summed E-state index contributed by atoms with van der Waals surface area (Å²) >= 11 is 0. The van der Waals surface area contributed by atoms with E-state index in [0.29, 0.717) is 25.6 Å². The first kappa shape index (κ1) is 11.8. The molecule has 0 radical (unpaired) electrons. The predicted octanol–water partition coefficient (Wildman–Crippen LogP) is 0.0740. The number of ether oxygens (including phenoxy) is 3. The van der Waals surface area contributed by atoms with Crippen LogP contribution in [0.4, 0.5) is 0 Å². The van der Waals surface area contributed by atoms with Gasteiger partial charge in [-0.15, -0.1) is 0 Å². The first-order chi connectivity index (χ1) is 7.71. The third-order valence-electron chi connectivity index (χ3n) is 3.25. The Labute approximate surface area is 95.2 Å². The summed E-state index contributed by atoms with van der Waals surface area (Å²) in [6.45, 7) is 2.81. The highest BCUT2D eigenvalue weighted by atomic mass is 16.5. The summed E-state index contributed by atoms with van der Waals surface area (Å²) in [6, 6.07) is 0. The number of nitrogens with two attached hydrogens (primary N) is 1. The smallest absolute Gasteiger partial charge is 0.328 e. The van der Waals surface area contributed by atoms with Crippen molar-refractivity contribution in [3.8, 4) is 0 Å². The second kappa shape index (κ2) is 5.12. The first-order valence-corrected chi connectivity index (χ1v) is 5.82. The highest BCUT2D eigenvalue weighted by molar-refractivity contribution is 5.81. The quantitative estimate of drug-likeness (QED) is 0.694. The first-order valence-electron chi connectivity index (χ1n) is 5.82. The molecule has 0 aliphatic carbocycles. The van der Waals surface area contributed by atoms with Crippen molar-refractivity contribution in [2.45, 2.75) is 24.8 Å². The average Bonchev–Trinajstić information content (AvgIpc) is 2.76. The maximum Gasteiger partial charge on any atom is 0.328 e. The summed E-state index contributed by atoms with van der Waals surface area (Å²) in [4.78, 5) is 11.8. The molecule has 92 valence electrons. The zero-order valence-electron chi connectivity index (χ0n) is 9.44. The van der Waals surface area contributed by atoms with Crippen LogP contribution in [0.5, 0.6) is 0 Å². The van der Waals surface area contributed by atoms with Crippen LogP contribution in [-0.4, -0.2) is 44.5 Å². The molecule has 0 bridgehead atoms. The van der Waals surface area contributed by atoms with Crippen molar-refractivity contribution in [1.82, 2.24) is 0 Å². The van der Waals surface area contributed by atoms with E-state index in [0.717, 1.165) is 26.1 Å². The number of hydrogen-bond acceptors (Lipinski definition) is 5. The van der Waals surface area contributed by atoms with Gasteiger partial charge in [0.05, 0.1) is 13.2 Å². The van der Waals surface area contributed by atoms with Crippen molar-refractivity contribution in [3.63, 3.8) is 0 Å². The summed E-state index contributed by atoms with van der Waals surface area (Å²) < 4.78 is 15.6. The summed E-state index contributed by atoms with van der Waals surface area (Å²) in [5, 5.41) is 0. The van der Waals surface area contributed by atoms with E-state index in [1.54, 1.807) is 0 Å². The van der Waals surface area contributed by atoms with Crippen molar-refractivity contribution in [2.24, 2.45) is 11.7 Å². The van der Waals surface area contributed by atoms with Gasteiger partial charge in [0.2, 0.25) is 0 Å². The second-order valence-electron chi connectivity index (χ2n) is 4.61. The Hall–Kier alpha value is -0.650. The Morgan fingerprint density at radius 2 is 2.06 bits per heavy atom. The minimum Gasteiger partial charge on any atom is -0.464 e. The van der Waals surface area contributed by atoms with Crippen LogP contribution in [0.1, 0.15) is 19.3 Å². The summed E-state index contributed by atoms with van der Waals surface area (Å²) in [6.07, 6.45) is 2.47. The Morgan fingerprint density at radius 1 is 1.31 bits per heavy atom. The minimum atomic E-state index is -0.912. The molecule has 16 heavy (non-hydrogen) atoms. The highest BCUT2D eigenvalue weighted by Gasteiger charge is 2.40. The molecule has 2 heterocycles. The maximum absolute atomic E-state index is 11.8. The van der Waals surface area contributed by atoms with E-state index in [1.807, 2.05) is 0 Å². The average molecular weight is 229 g/mol. The normalized spacial score (nSPS) is 31.6. The van der Waals surface area contributed by atoms with Gasteiger partial charge in [0.1, 0.15) is 5.54 Å². The van der Waals surface area contributed by atoms with Gasteiger partial charge in [-0.25, -0.2) is 4.79 Å². The van der Waals surface area contributed by atoms with Crippen LogP contribution in [0.25, 0.3) is 0 Å². The SMILES string of the molecule is NC1(C(=O)OCC2CCOCC2)CCOC1. The van der Waals surface area contributed by atoms with Crippen LogP contribution in [0.3, 0.4) is 0 Å². The van der Waals surface area contributed by atoms with Crippen molar-refractivity contribution in [1.29, 1.82) is 0 Å². The molecule has 2 aliphatic rings. The number of hydrogen-bond donors (Lipinski definition) is 1. The minimum absolute atomic E-state index is 0.277. The van der Waals surface area contributed by atoms with Crippen LogP contribution in [0.2, 0.25) is 0 Å². The lowest BCUT2D eigenvalue weighted by atomic mass is 9.99. The van der Waals surface area contributed by atoms with Gasteiger partial charge in [-0.05, 0) is 18.8 Å². The lowest BCUT2D eigenvalue weighted by Gasteiger charge is -2.24. The standard InChI is InChI=1S/C11H19NO4/c12-11(3-6-15-8-11)10(13)16-7-9-1-4-14-5-2-9/h9H,1-8,12H2. The lowest BCUT2D eigenvalue weighted by Crippen LogP contribution is -2.50. The summed E-state index contributed by atoms with van der Waals surface area (Å²) in [5.41, 5.74) is 4.98. The molecule has 5 heteroatoms. The van der Waals surface area contributed by atoms with E-state index in [-0.39, 0.29) is 12.6 Å². The van der Waals surface area contributed by atoms with Gasteiger partial charge in [-0.1, -0.05) is 0 Å². The fourth-order valence-corrected chi connectivity index (χ4v) is 1.99. The van der Waals surface area contributed by atoms with Gasteiger partial charge in [-0.3, -0.25) is 0 Å². The van der Waals surface area contributed by atoms with Crippen molar-refractivity contribution < 1.29 is 19.0 Å². The van der Waals surface area contributed by atoms with Crippen LogP contribution in [0.15, 0.2) is 0 Å². The van der Waals surface area contributed by atoms with Crippen LogP contribution in [-0.2, 0) is 19.0 Å². The molecular formula is C11H19NO4. The maximum atomic E-state index is 11.8. The molecule has 0 saturated carbocycles. The molecule has 5 nitrogen and oxygen atoms in total. The van der Waals surface area contributed by atoms with E-state index in [9.17, 15) is 4.79 Å². The summed E-state index contributed by atoms with van der Waals surface area (Å²) in [7, 11) is 0. The molecule has 0 aromatic carbocycles. The molecule has 2 saturated heterocycles. The monoisotopic (exact) mass is 229 g/mol. The zero-order chi connectivity index (χ0) is 11.4. The van der Waals surface area contributed by atoms with Gasteiger partial charge in [0, 0.05) is 26.2 Å². The molecule has 2 fully saturated rings. The molecule has 1 unspecified atom stereocenters. The second-order valence-corrected chi connectivity index (χ2v) is 4.61.